The summed E-state index contributed by atoms with van der Waals surface area (Å²) in [4.78, 5) is 93.6. The van der Waals surface area contributed by atoms with Crippen LogP contribution in [0.4, 0.5) is 24.9 Å². The number of anilines is 2. The van der Waals surface area contributed by atoms with E-state index in [1.807, 2.05) is 72.7 Å². The van der Waals surface area contributed by atoms with E-state index in [4.69, 9.17) is 28.4 Å². The number of carbonyl (C=O) groups is 6. The summed E-state index contributed by atoms with van der Waals surface area (Å²) in [7, 11) is 0. The van der Waals surface area contributed by atoms with Gasteiger partial charge in [-0.2, -0.15) is 18.2 Å². The summed E-state index contributed by atoms with van der Waals surface area (Å²) in [6, 6.07) is 27.3. The SMILES string of the molecule is CC1(C)O[C@@H]2[C@@H](CI)C[C@@H](N3C(=O)c4ccccc4C3=O)[C@@H]2O1.CC[C@H]1C[C@@H](N2C(=O)c3ccccc3C2=O)[C@@H]2OC(C)(C)O[C@H]12.C[C@H]1C[C@@H](N2C(=O)c3ccccc3C2=O)[C@@H]2OC(C)(C)O[C@@H]21.Cc1nc(NCC(F)(F)F)nc(N[C@@H]2C[C@H](C)[C@@H](O)[C@H]2O)c1-c1nc2ccccc2s1. The number of rotatable bonds is 10. The number of carbonyl (C=O) groups excluding carboxylic acids is 6. The number of alkyl halides is 4. The van der Waals surface area contributed by atoms with Crippen LogP contribution in [0.15, 0.2) is 97.1 Å². The Hall–Kier alpha value is -6.93. The molecule has 4 N–H and O–H groups in total. The number of nitrogens with one attached hydrogen (secondary N) is 2. The van der Waals surface area contributed by atoms with Gasteiger partial charge in [-0.15, -0.1) is 11.3 Å². The first-order chi connectivity index (χ1) is 46.9. The van der Waals surface area contributed by atoms with Gasteiger partial charge in [-0.05, 0) is 146 Å². The largest absolute Gasteiger partial charge is 0.405 e. The third-order valence-electron chi connectivity index (χ3n) is 20.4. The summed E-state index contributed by atoms with van der Waals surface area (Å²) in [5, 5.41) is 26.4. The van der Waals surface area contributed by atoms with Crippen LogP contribution in [-0.2, 0) is 28.4 Å². The fourth-order valence-electron chi connectivity index (χ4n) is 15.9. The molecule has 3 saturated heterocycles. The van der Waals surface area contributed by atoms with Crippen molar-refractivity contribution in [3.63, 3.8) is 0 Å². The van der Waals surface area contributed by atoms with Gasteiger partial charge in [-0.25, -0.2) is 9.97 Å². The molecule has 7 fully saturated rings. The third kappa shape index (κ3) is 13.3. The van der Waals surface area contributed by atoms with Crippen LogP contribution in [0.5, 0.6) is 0 Å². The quantitative estimate of drug-likeness (QED) is 0.0564. The number of para-hydroxylation sites is 1. The van der Waals surface area contributed by atoms with E-state index in [9.17, 15) is 52.2 Å². The maximum atomic E-state index is 12.7. The van der Waals surface area contributed by atoms with Crippen LogP contribution < -0.4 is 10.6 Å². The zero-order valence-electron chi connectivity index (χ0n) is 56.3. The van der Waals surface area contributed by atoms with E-state index >= 15 is 0 Å². The van der Waals surface area contributed by atoms with E-state index in [0.717, 1.165) is 40.3 Å². The second-order valence-electron chi connectivity index (χ2n) is 28.5. The minimum Gasteiger partial charge on any atom is -0.390 e. The minimum absolute atomic E-state index is 0.0516. The molecule has 8 heterocycles. The van der Waals surface area contributed by atoms with Gasteiger partial charge in [-0.1, -0.05) is 98.3 Å². The molecule has 6 aliphatic heterocycles. The number of aromatic nitrogens is 3. The Bertz CT molecular complexity index is 3920. The highest BCUT2D eigenvalue weighted by Crippen LogP contribution is 2.49. The summed E-state index contributed by atoms with van der Waals surface area (Å²) >= 11 is 3.76. The molecular formula is C72H80F3IN8O14S. The number of fused-ring (bicyclic) bond motifs is 7. The molecule has 526 valence electrons. The molecule has 4 aliphatic carbocycles. The summed E-state index contributed by atoms with van der Waals surface area (Å²) in [6.45, 7) is 17.7. The van der Waals surface area contributed by atoms with Crippen molar-refractivity contribution in [2.45, 2.75) is 198 Å². The minimum atomic E-state index is -4.42. The lowest BCUT2D eigenvalue weighted by Gasteiger charge is -2.28. The number of amides is 6. The Labute approximate surface area is 588 Å². The van der Waals surface area contributed by atoms with E-state index in [0.29, 0.717) is 62.0 Å². The van der Waals surface area contributed by atoms with Gasteiger partial charge in [0.05, 0.1) is 103 Å². The molecule has 22 nitrogen and oxygen atoms in total. The molecule has 16 atom stereocenters. The van der Waals surface area contributed by atoms with Crippen molar-refractivity contribution < 1.29 is 80.6 Å². The molecule has 6 aromatic rings. The first-order valence-corrected chi connectivity index (χ1v) is 35.9. The van der Waals surface area contributed by atoms with Crippen LogP contribution in [-0.4, -0.2) is 183 Å². The molecule has 0 bridgehead atoms. The standard InChI is InChI=1S/C20H22F3N5O2S.C18H21NO4.C17H18INO4.C17H19NO4/c1-9-7-12(16(30)15(9)29)26-17-14(18-27-11-5-3-4-6-13(11)31-18)10(2)25-19(28-17)24-8-20(21,22)23;1-4-10-9-13(15-14(10)22-18(2,3)23-15)19-16(20)11-7-5-6-8-12(11)17(19)21;1-17(2)22-13-9(8-18)7-12(14(13)23-17)19-15(20)10-5-3-4-6-11(10)16(19)21;1-9-8-12(14-13(9)21-17(2,3)22-14)18-15(19)10-6-4-5-7-11(10)16(18)20/h3-6,9,12,15-16,29-30H,7-8H2,1-2H3,(H2,24,25,26,28);5-8,10,13-15H,4,9H2,1-3H3;3-6,9,12-14H,7-8H2,1-2H3;4-7,9,12-14H,8H2,1-3H3/t9-,12+,15+,16-;10-,13+,14+,15-;9-,12-,13-,14+;9-,12+,13+,14-/m0010/s1. The first kappa shape index (κ1) is 70.5. The van der Waals surface area contributed by atoms with Gasteiger partial charge in [-0.3, -0.25) is 43.5 Å². The highest BCUT2D eigenvalue weighted by molar-refractivity contribution is 14.1. The highest BCUT2D eigenvalue weighted by atomic mass is 127. The molecule has 6 amide bonds. The van der Waals surface area contributed by atoms with E-state index in [-0.39, 0.29) is 120 Å². The maximum absolute atomic E-state index is 12.7. The van der Waals surface area contributed by atoms with Gasteiger partial charge in [0, 0.05) is 4.43 Å². The predicted octanol–water partition coefficient (Wildman–Crippen LogP) is 11.0. The van der Waals surface area contributed by atoms with Crippen molar-refractivity contribution in [3.8, 4) is 10.6 Å². The molecule has 0 unspecified atom stereocenters. The van der Waals surface area contributed by atoms with Crippen LogP contribution in [0.3, 0.4) is 0 Å². The van der Waals surface area contributed by atoms with Crippen molar-refractivity contribution in [1.82, 2.24) is 29.7 Å². The zero-order valence-corrected chi connectivity index (χ0v) is 59.3. The monoisotopic (exact) mass is 1500 g/mol. The molecular weight excluding hydrogens is 1420 g/mol. The normalized spacial score (nSPS) is 31.7. The second kappa shape index (κ2) is 26.8. The van der Waals surface area contributed by atoms with Gasteiger partial charge in [0.25, 0.3) is 35.4 Å². The van der Waals surface area contributed by atoms with E-state index in [1.54, 1.807) is 79.7 Å². The topological polar surface area (TPSA) is 271 Å². The second-order valence-corrected chi connectivity index (χ2v) is 30.4. The number of halogens is 4. The number of hydrogen-bond donors (Lipinski definition) is 4. The number of imide groups is 3. The maximum Gasteiger partial charge on any atom is 0.405 e. The van der Waals surface area contributed by atoms with Crippen LogP contribution in [0, 0.1) is 30.6 Å². The summed E-state index contributed by atoms with van der Waals surface area (Å²) in [5.41, 5.74) is 4.73. The Kier molecular flexibility index (Phi) is 19.1. The number of aliphatic hydroxyl groups is 2. The van der Waals surface area contributed by atoms with Crippen LogP contribution in [0.25, 0.3) is 20.8 Å². The lowest BCUT2D eigenvalue weighted by molar-refractivity contribution is -0.161. The van der Waals surface area contributed by atoms with Crippen molar-refractivity contribution >= 4 is 91.4 Å². The third-order valence-corrected chi connectivity index (χ3v) is 22.5. The summed E-state index contributed by atoms with van der Waals surface area (Å²) in [5.74, 6) is -2.48. The number of benzene rings is 4. The van der Waals surface area contributed by atoms with Crippen LogP contribution >= 0.6 is 33.9 Å². The average molecular weight is 1500 g/mol. The molecule has 10 aliphatic rings. The molecule has 99 heavy (non-hydrogen) atoms. The molecule has 0 spiro atoms. The van der Waals surface area contributed by atoms with E-state index in [2.05, 4.69) is 62.0 Å². The van der Waals surface area contributed by atoms with Crippen molar-refractivity contribution in [2.75, 3.05) is 21.6 Å². The smallest absolute Gasteiger partial charge is 0.390 e. The molecule has 27 heteroatoms. The number of nitrogens with zero attached hydrogens (tertiary/aromatic N) is 6. The Morgan fingerprint density at radius 1 is 0.545 bits per heavy atom. The number of aryl methyl sites for hydroxylation is 1. The van der Waals surface area contributed by atoms with Crippen LogP contribution in [0.2, 0.25) is 0 Å². The molecule has 4 saturated carbocycles. The van der Waals surface area contributed by atoms with E-state index < -0.39 is 48.3 Å². The van der Waals surface area contributed by atoms with Crippen molar-refractivity contribution in [3.05, 3.63) is 136 Å². The lowest BCUT2D eigenvalue weighted by atomic mass is 10.0. The van der Waals surface area contributed by atoms with Gasteiger partial charge in [0.2, 0.25) is 5.95 Å². The van der Waals surface area contributed by atoms with E-state index in [1.165, 1.54) is 26.0 Å². The Balaban J connectivity index is 0.000000120. The van der Waals surface area contributed by atoms with Gasteiger partial charge >= 0.3 is 6.18 Å². The Morgan fingerprint density at radius 2 is 0.949 bits per heavy atom. The number of hydrogen-bond acceptors (Lipinski definition) is 20. The van der Waals surface area contributed by atoms with Crippen molar-refractivity contribution in [2.24, 2.45) is 23.7 Å². The lowest BCUT2D eigenvalue weighted by Crippen LogP contribution is -2.46. The summed E-state index contributed by atoms with van der Waals surface area (Å²) < 4.78 is 76.0. The molecule has 16 rings (SSSR count). The highest BCUT2D eigenvalue weighted by Gasteiger charge is 2.61. The number of aliphatic hydroxyl groups excluding tert-OH is 2. The van der Waals surface area contributed by atoms with Gasteiger partial charge in [0.15, 0.2) is 17.4 Å². The number of thiazole rings is 1. The average Bonchev–Trinajstić information content (AvgIpc) is 1.57. The molecule has 2 aromatic heterocycles. The van der Waals surface area contributed by atoms with Gasteiger partial charge < -0.3 is 49.3 Å². The number of ether oxygens (including phenoxy) is 6. The Morgan fingerprint density at radius 3 is 1.37 bits per heavy atom. The fraction of sp³-hybridized carbons (Fsp3) is 0.514. The fourth-order valence-corrected chi connectivity index (χ4v) is 17.8. The van der Waals surface area contributed by atoms with Crippen LogP contribution in [0.1, 0.15) is 162 Å². The van der Waals surface area contributed by atoms with Crippen molar-refractivity contribution in [1.29, 1.82) is 0 Å². The molecule has 0 radical (unpaired) electrons. The first-order valence-electron chi connectivity index (χ1n) is 33.6. The zero-order chi connectivity index (χ0) is 70.7. The molecule has 4 aromatic carbocycles. The van der Waals surface area contributed by atoms with Gasteiger partial charge in [0.1, 0.15) is 41.8 Å². The predicted molar refractivity (Wildman–Crippen MR) is 366 cm³/mol. The summed E-state index contributed by atoms with van der Waals surface area (Å²) in [6.07, 6.45) is -3.62.